The zero-order chi connectivity index (χ0) is 20.8. The summed E-state index contributed by atoms with van der Waals surface area (Å²) in [5.74, 6) is -0.446. The van der Waals surface area contributed by atoms with Crippen LogP contribution in [0.3, 0.4) is 0 Å². The number of hydrogen-bond donors (Lipinski definition) is 1. The van der Waals surface area contributed by atoms with Crippen LogP contribution < -0.4 is 5.32 Å². The summed E-state index contributed by atoms with van der Waals surface area (Å²) in [4.78, 5) is 29.7. The van der Waals surface area contributed by atoms with Crippen molar-refractivity contribution < 1.29 is 9.59 Å². The van der Waals surface area contributed by atoms with E-state index in [0.29, 0.717) is 23.0 Å². The highest BCUT2D eigenvalue weighted by Crippen LogP contribution is 2.34. The number of hydrogen-bond acceptors (Lipinski definition) is 4. The lowest BCUT2D eigenvalue weighted by molar-refractivity contribution is -0.130. The Kier molecular flexibility index (Phi) is 7.25. The summed E-state index contributed by atoms with van der Waals surface area (Å²) in [5, 5.41) is 4.03. The smallest absolute Gasteiger partial charge is 0.263 e. The summed E-state index contributed by atoms with van der Waals surface area (Å²) in [6.45, 7) is 1.77. The van der Waals surface area contributed by atoms with Crippen LogP contribution in [0.4, 0.5) is 0 Å². The third kappa shape index (κ3) is 5.56. The van der Waals surface area contributed by atoms with Crippen molar-refractivity contribution in [1.29, 1.82) is 0 Å². The topological polar surface area (TPSA) is 52.6 Å². The van der Waals surface area contributed by atoms with Crippen LogP contribution in [-0.4, -0.2) is 55.3 Å². The number of halogens is 1. The normalized spacial score (nSPS) is 11.0. The minimum Gasteiger partial charge on any atom is -0.342 e. The Morgan fingerprint density at radius 3 is 2.38 bits per heavy atom. The molecule has 0 bridgehead atoms. The van der Waals surface area contributed by atoms with Crippen molar-refractivity contribution in [2.75, 3.05) is 33.7 Å². The van der Waals surface area contributed by atoms with Crippen LogP contribution >= 0.6 is 22.9 Å². The molecule has 3 aromatic rings. The fraction of sp³-hybridized carbons (Fsp3) is 0.273. The molecule has 0 saturated heterocycles. The number of likely N-dealkylation sites (N-methyl/N-ethyl adjacent to an activating group) is 1. The first-order valence-corrected chi connectivity index (χ1v) is 10.6. The molecule has 2 aromatic carbocycles. The average molecular weight is 430 g/mol. The van der Waals surface area contributed by atoms with Crippen LogP contribution in [0.15, 0.2) is 54.6 Å². The molecule has 5 nitrogen and oxygen atoms in total. The molecule has 0 aliphatic rings. The highest BCUT2D eigenvalue weighted by Gasteiger charge is 2.19. The molecular formula is C22H24ClN3O2S. The molecule has 0 spiro atoms. The van der Waals surface area contributed by atoms with E-state index in [1.54, 1.807) is 4.90 Å². The fourth-order valence-corrected chi connectivity index (χ4v) is 4.36. The first-order chi connectivity index (χ1) is 14.0. The largest absolute Gasteiger partial charge is 0.342 e. The summed E-state index contributed by atoms with van der Waals surface area (Å²) >= 11 is 7.70. The second-order valence-corrected chi connectivity index (χ2v) is 8.46. The van der Waals surface area contributed by atoms with Gasteiger partial charge in [-0.15, -0.1) is 11.3 Å². The van der Waals surface area contributed by atoms with Gasteiger partial charge < -0.3 is 15.1 Å². The van der Waals surface area contributed by atoms with Gasteiger partial charge in [0.25, 0.3) is 5.91 Å². The summed E-state index contributed by atoms with van der Waals surface area (Å²) in [7, 11) is 3.94. The average Bonchev–Trinajstić information content (AvgIpc) is 3.06. The van der Waals surface area contributed by atoms with Crippen molar-refractivity contribution in [1.82, 2.24) is 15.1 Å². The first kappa shape index (κ1) is 21.3. The van der Waals surface area contributed by atoms with Crippen molar-refractivity contribution in [3.63, 3.8) is 0 Å². The summed E-state index contributed by atoms with van der Waals surface area (Å²) in [6.07, 6.45) is 0. The van der Waals surface area contributed by atoms with Crippen molar-refractivity contribution in [2.45, 2.75) is 6.54 Å². The highest BCUT2D eigenvalue weighted by atomic mass is 35.5. The molecule has 0 atom stereocenters. The van der Waals surface area contributed by atoms with Crippen molar-refractivity contribution >= 4 is 44.8 Å². The molecule has 0 fully saturated rings. The second-order valence-electron chi connectivity index (χ2n) is 7.03. The van der Waals surface area contributed by atoms with Crippen molar-refractivity contribution in [2.24, 2.45) is 0 Å². The second kappa shape index (κ2) is 9.87. The standard InChI is InChI=1S/C22H24ClN3O2S/c1-25(2)12-13-26(15-16-8-4-3-5-9-16)19(27)14-24-22(28)21-20(23)17-10-6-7-11-18(17)29-21/h3-11H,12-15H2,1-2H3,(H,24,28). The SMILES string of the molecule is CN(C)CCN(Cc1ccccc1)C(=O)CNC(=O)c1sc2ccccc2c1Cl. The lowest BCUT2D eigenvalue weighted by atomic mass is 10.2. The Bertz CT molecular complexity index is 988. The van der Waals surface area contributed by atoms with E-state index in [2.05, 4.69) is 5.32 Å². The Morgan fingerprint density at radius 1 is 1.00 bits per heavy atom. The van der Waals surface area contributed by atoms with E-state index in [0.717, 1.165) is 22.2 Å². The predicted molar refractivity (Wildman–Crippen MR) is 120 cm³/mol. The molecule has 29 heavy (non-hydrogen) atoms. The molecule has 152 valence electrons. The van der Waals surface area contributed by atoms with E-state index in [1.165, 1.54) is 11.3 Å². The molecule has 1 aromatic heterocycles. The van der Waals surface area contributed by atoms with E-state index in [-0.39, 0.29) is 18.4 Å². The number of nitrogens with zero attached hydrogens (tertiary/aromatic N) is 2. The number of benzene rings is 2. The predicted octanol–water partition coefficient (Wildman–Crippen LogP) is 3.87. The molecular weight excluding hydrogens is 406 g/mol. The third-order valence-corrected chi connectivity index (χ3v) is 6.20. The zero-order valence-corrected chi connectivity index (χ0v) is 18.1. The molecule has 0 saturated carbocycles. The van der Waals surface area contributed by atoms with Gasteiger partial charge in [-0.1, -0.05) is 60.1 Å². The monoisotopic (exact) mass is 429 g/mol. The third-order valence-electron chi connectivity index (χ3n) is 4.53. The summed E-state index contributed by atoms with van der Waals surface area (Å²) in [6, 6.07) is 17.5. The van der Waals surface area contributed by atoms with Gasteiger partial charge >= 0.3 is 0 Å². The van der Waals surface area contributed by atoms with E-state index in [1.807, 2.05) is 73.6 Å². The maximum Gasteiger partial charge on any atom is 0.263 e. The number of rotatable bonds is 8. The van der Waals surface area contributed by atoms with Gasteiger partial charge in [0.1, 0.15) is 4.88 Å². The first-order valence-electron chi connectivity index (χ1n) is 9.37. The minimum absolute atomic E-state index is 0.0658. The minimum atomic E-state index is -0.322. The van der Waals surface area contributed by atoms with Gasteiger partial charge in [0.05, 0.1) is 11.6 Å². The zero-order valence-electron chi connectivity index (χ0n) is 16.5. The molecule has 1 heterocycles. The maximum atomic E-state index is 12.8. The number of amides is 2. The number of carbonyl (C=O) groups excluding carboxylic acids is 2. The van der Waals surface area contributed by atoms with E-state index in [9.17, 15) is 9.59 Å². The summed E-state index contributed by atoms with van der Waals surface area (Å²) < 4.78 is 0.950. The van der Waals surface area contributed by atoms with Crippen LogP contribution in [0, 0.1) is 0 Å². The molecule has 3 rings (SSSR count). The van der Waals surface area contributed by atoms with Crippen LogP contribution in [0.1, 0.15) is 15.2 Å². The van der Waals surface area contributed by atoms with Crippen molar-refractivity contribution in [3.8, 4) is 0 Å². The lowest BCUT2D eigenvalue weighted by Crippen LogP contribution is -2.42. The van der Waals surface area contributed by atoms with Crippen LogP contribution in [-0.2, 0) is 11.3 Å². The molecule has 2 amide bonds. The Morgan fingerprint density at radius 2 is 1.69 bits per heavy atom. The van der Waals surface area contributed by atoms with Gasteiger partial charge in [0.15, 0.2) is 0 Å². The van der Waals surface area contributed by atoms with Gasteiger partial charge in [-0.3, -0.25) is 9.59 Å². The van der Waals surface area contributed by atoms with E-state index < -0.39 is 0 Å². The maximum absolute atomic E-state index is 12.8. The van der Waals surface area contributed by atoms with E-state index >= 15 is 0 Å². The van der Waals surface area contributed by atoms with Crippen LogP contribution in [0.5, 0.6) is 0 Å². The Labute approximate surface area is 179 Å². The highest BCUT2D eigenvalue weighted by molar-refractivity contribution is 7.21. The molecule has 0 radical (unpaired) electrons. The number of nitrogens with one attached hydrogen (secondary N) is 1. The quantitative estimate of drug-likeness (QED) is 0.591. The Hall–Kier alpha value is -2.41. The molecule has 0 unspecified atom stereocenters. The van der Waals surface area contributed by atoms with Gasteiger partial charge in [-0.05, 0) is 25.7 Å². The van der Waals surface area contributed by atoms with Crippen LogP contribution in [0.25, 0.3) is 10.1 Å². The number of thiophene rings is 1. The number of carbonyl (C=O) groups is 2. The lowest BCUT2D eigenvalue weighted by Gasteiger charge is -2.24. The van der Waals surface area contributed by atoms with Gasteiger partial charge in [-0.25, -0.2) is 0 Å². The molecule has 1 N–H and O–H groups in total. The molecule has 0 aliphatic heterocycles. The molecule has 7 heteroatoms. The van der Waals surface area contributed by atoms with Gasteiger partial charge in [0, 0.05) is 29.7 Å². The van der Waals surface area contributed by atoms with E-state index in [4.69, 9.17) is 11.6 Å². The van der Waals surface area contributed by atoms with Crippen molar-refractivity contribution in [3.05, 3.63) is 70.1 Å². The number of fused-ring (bicyclic) bond motifs is 1. The fourth-order valence-electron chi connectivity index (χ4n) is 2.92. The van der Waals surface area contributed by atoms with Crippen LogP contribution in [0.2, 0.25) is 5.02 Å². The van der Waals surface area contributed by atoms with Gasteiger partial charge in [0.2, 0.25) is 5.91 Å². The molecule has 0 aliphatic carbocycles. The Balaban J connectivity index is 1.66. The summed E-state index contributed by atoms with van der Waals surface area (Å²) in [5.41, 5.74) is 1.05. The van der Waals surface area contributed by atoms with Gasteiger partial charge in [-0.2, -0.15) is 0 Å².